The summed E-state index contributed by atoms with van der Waals surface area (Å²) in [5.41, 5.74) is 6.86. The number of ketones is 1. The Labute approximate surface area is 163 Å². The van der Waals surface area contributed by atoms with Crippen LogP contribution < -0.4 is 25.4 Å². The predicted octanol–water partition coefficient (Wildman–Crippen LogP) is 0.756. The average molecular weight is 387 g/mol. The summed E-state index contributed by atoms with van der Waals surface area (Å²) < 4.78 is 16.3. The number of nitrogens with one attached hydrogen (secondary N) is 1. The van der Waals surface area contributed by atoms with Gasteiger partial charge in [0.2, 0.25) is 5.95 Å². The maximum Gasteiger partial charge on any atom is 0.228 e. The molecule has 0 spiro atoms. The largest absolute Gasteiger partial charge is 0.493 e. The lowest BCUT2D eigenvalue weighted by molar-refractivity contribution is -0.129. The second kappa shape index (κ2) is 7.76. The number of anilines is 2. The first-order chi connectivity index (χ1) is 13.6. The van der Waals surface area contributed by atoms with Crippen LogP contribution in [0.4, 0.5) is 11.8 Å². The molecule has 3 heterocycles. The molecule has 28 heavy (non-hydrogen) atoms. The molecule has 9 nitrogen and oxygen atoms in total. The van der Waals surface area contributed by atoms with Crippen molar-refractivity contribution in [2.45, 2.75) is 25.0 Å². The van der Waals surface area contributed by atoms with Crippen molar-refractivity contribution in [2.24, 2.45) is 0 Å². The predicted molar refractivity (Wildman–Crippen MR) is 105 cm³/mol. The number of rotatable bonds is 5. The number of nitrogens with two attached hydrogens (primary N) is 1. The number of hydrogen-bond acceptors (Lipinski definition) is 9. The van der Waals surface area contributed by atoms with Gasteiger partial charge in [0.1, 0.15) is 18.0 Å². The molecule has 0 bridgehead atoms. The van der Waals surface area contributed by atoms with E-state index in [2.05, 4.69) is 15.3 Å². The first kappa shape index (κ1) is 18.7. The third kappa shape index (κ3) is 3.31. The number of fused-ring (bicyclic) bond motifs is 1. The number of nitrogens with zero attached hydrogens (tertiary/aromatic N) is 3. The van der Waals surface area contributed by atoms with Gasteiger partial charge in [-0.3, -0.25) is 4.79 Å². The molecule has 3 N–H and O–H groups in total. The number of nitrogen functional groups attached to an aromatic ring is 1. The van der Waals surface area contributed by atoms with E-state index in [4.69, 9.17) is 19.9 Å². The van der Waals surface area contributed by atoms with Crippen LogP contribution in [-0.4, -0.2) is 68.4 Å². The number of hydrogen-bond donors (Lipinski definition) is 2. The van der Waals surface area contributed by atoms with Crippen molar-refractivity contribution in [3.63, 3.8) is 0 Å². The number of aromatic nitrogens is 2. The van der Waals surface area contributed by atoms with E-state index in [1.54, 1.807) is 26.4 Å². The van der Waals surface area contributed by atoms with Crippen LogP contribution in [0.2, 0.25) is 0 Å². The number of carbonyl (C=O) groups excluding carboxylic acids is 1. The summed E-state index contributed by atoms with van der Waals surface area (Å²) in [6.45, 7) is 2.52. The van der Waals surface area contributed by atoms with Crippen molar-refractivity contribution in [1.29, 1.82) is 0 Å². The van der Waals surface area contributed by atoms with E-state index in [1.165, 1.54) is 0 Å². The molecule has 2 aliphatic heterocycles. The van der Waals surface area contributed by atoms with Crippen molar-refractivity contribution in [1.82, 2.24) is 15.3 Å². The molecule has 0 saturated carbocycles. The Kier molecular flexibility index (Phi) is 5.19. The smallest absolute Gasteiger partial charge is 0.228 e. The first-order valence-electron chi connectivity index (χ1n) is 9.44. The number of methoxy groups -OCH3 is 2. The van der Waals surface area contributed by atoms with Crippen molar-refractivity contribution in [3.8, 4) is 11.5 Å². The third-order valence-corrected chi connectivity index (χ3v) is 5.29. The second-order valence-corrected chi connectivity index (χ2v) is 6.95. The Morgan fingerprint density at radius 3 is 2.79 bits per heavy atom. The van der Waals surface area contributed by atoms with E-state index in [0.717, 1.165) is 19.4 Å². The van der Waals surface area contributed by atoms with Gasteiger partial charge >= 0.3 is 0 Å². The Morgan fingerprint density at radius 1 is 1.29 bits per heavy atom. The van der Waals surface area contributed by atoms with Crippen molar-refractivity contribution in [2.75, 3.05) is 51.1 Å². The summed E-state index contributed by atoms with van der Waals surface area (Å²) in [6, 6.07) is 3.16. The zero-order valence-corrected chi connectivity index (χ0v) is 16.1. The van der Waals surface area contributed by atoms with Crippen LogP contribution in [0.1, 0.15) is 12.8 Å². The van der Waals surface area contributed by atoms with E-state index >= 15 is 0 Å². The lowest BCUT2D eigenvalue weighted by Crippen LogP contribution is -2.57. The number of carbonyl (C=O) groups is 1. The Bertz CT molecular complexity index is 884. The standard InChI is InChI=1S/C19H25N5O4/c1-26-15-8-11-12(9-16(15)27-2)22-19(23-18(11)20)24-6-5-21-10-13(24)17(25)14-4-3-7-28-14/h8-9,13-14,21H,3-7,10H2,1-2H3,(H2,20,22,23). The zero-order chi connectivity index (χ0) is 19.7. The van der Waals surface area contributed by atoms with Crippen LogP contribution in [-0.2, 0) is 9.53 Å². The number of piperazine rings is 1. The molecule has 4 rings (SSSR count). The minimum atomic E-state index is -0.381. The molecule has 0 aliphatic carbocycles. The van der Waals surface area contributed by atoms with Gasteiger partial charge in [-0.2, -0.15) is 4.98 Å². The molecule has 0 radical (unpaired) electrons. The topological polar surface area (TPSA) is 112 Å². The number of ether oxygens (including phenoxy) is 3. The fourth-order valence-electron chi connectivity index (χ4n) is 3.81. The summed E-state index contributed by atoms with van der Waals surface area (Å²) in [4.78, 5) is 24.1. The van der Waals surface area contributed by atoms with Gasteiger partial charge in [0.15, 0.2) is 17.3 Å². The van der Waals surface area contributed by atoms with E-state index in [0.29, 0.717) is 53.9 Å². The van der Waals surface area contributed by atoms with Gasteiger partial charge < -0.3 is 30.2 Å². The van der Waals surface area contributed by atoms with Gasteiger partial charge in [0.25, 0.3) is 0 Å². The molecule has 9 heteroatoms. The van der Waals surface area contributed by atoms with Gasteiger partial charge in [-0.25, -0.2) is 4.98 Å². The third-order valence-electron chi connectivity index (χ3n) is 5.29. The zero-order valence-electron chi connectivity index (χ0n) is 16.1. The molecule has 2 atom stereocenters. The van der Waals surface area contributed by atoms with Gasteiger partial charge in [0, 0.05) is 37.7 Å². The molecule has 150 valence electrons. The lowest BCUT2D eigenvalue weighted by Gasteiger charge is -2.36. The van der Waals surface area contributed by atoms with Crippen molar-refractivity contribution in [3.05, 3.63) is 12.1 Å². The molecular weight excluding hydrogens is 362 g/mol. The van der Waals surface area contributed by atoms with Crippen LogP contribution in [0, 0.1) is 0 Å². The maximum absolute atomic E-state index is 13.0. The van der Waals surface area contributed by atoms with Gasteiger partial charge in [0.05, 0.1) is 19.7 Å². The highest BCUT2D eigenvalue weighted by Crippen LogP contribution is 2.34. The highest BCUT2D eigenvalue weighted by molar-refractivity contribution is 5.94. The van der Waals surface area contributed by atoms with Crippen molar-refractivity contribution < 1.29 is 19.0 Å². The summed E-state index contributed by atoms with van der Waals surface area (Å²) >= 11 is 0. The van der Waals surface area contributed by atoms with E-state index < -0.39 is 0 Å². The maximum atomic E-state index is 13.0. The lowest BCUT2D eigenvalue weighted by atomic mass is 10.0. The minimum Gasteiger partial charge on any atom is -0.493 e. The normalized spacial score (nSPS) is 22.4. The molecular formula is C19H25N5O4. The average Bonchev–Trinajstić information content (AvgIpc) is 3.27. The van der Waals surface area contributed by atoms with Crippen molar-refractivity contribution >= 4 is 28.5 Å². The van der Waals surface area contributed by atoms with Crippen LogP contribution in [0.15, 0.2) is 12.1 Å². The molecule has 0 amide bonds. The van der Waals surface area contributed by atoms with Crippen LogP contribution in [0.3, 0.4) is 0 Å². The Morgan fingerprint density at radius 2 is 2.07 bits per heavy atom. The Hall–Kier alpha value is -2.65. The van der Waals surface area contributed by atoms with Crippen LogP contribution in [0.25, 0.3) is 10.9 Å². The first-order valence-corrected chi connectivity index (χ1v) is 9.44. The monoisotopic (exact) mass is 387 g/mol. The molecule has 1 aromatic heterocycles. The van der Waals surface area contributed by atoms with Gasteiger partial charge in [-0.05, 0) is 18.9 Å². The minimum absolute atomic E-state index is 0.0688. The summed E-state index contributed by atoms with van der Waals surface area (Å²) in [7, 11) is 3.14. The van der Waals surface area contributed by atoms with E-state index in [9.17, 15) is 4.79 Å². The second-order valence-electron chi connectivity index (χ2n) is 6.95. The van der Waals surface area contributed by atoms with Crippen LogP contribution in [0.5, 0.6) is 11.5 Å². The fourth-order valence-corrected chi connectivity index (χ4v) is 3.81. The van der Waals surface area contributed by atoms with E-state index in [1.807, 2.05) is 4.90 Å². The summed E-state index contributed by atoms with van der Waals surface area (Å²) in [5.74, 6) is 1.97. The molecule has 2 saturated heterocycles. The number of benzene rings is 1. The molecule has 2 aliphatic rings. The summed E-state index contributed by atoms with van der Waals surface area (Å²) in [5, 5.41) is 3.96. The fraction of sp³-hybridized carbons (Fsp3) is 0.526. The summed E-state index contributed by atoms with van der Waals surface area (Å²) in [6.07, 6.45) is 1.33. The van der Waals surface area contributed by atoms with Gasteiger partial charge in [-0.1, -0.05) is 0 Å². The number of Topliss-reactive ketones (excluding diaryl/α,β-unsaturated/α-hetero) is 1. The highest BCUT2D eigenvalue weighted by Gasteiger charge is 2.36. The highest BCUT2D eigenvalue weighted by atomic mass is 16.5. The van der Waals surface area contributed by atoms with E-state index in [-0.39, 0.29) is 17.9 Å². The molecule has 1 aromatic carbocycles. The quantitative estimate of drug-likeness (QED) is 0.768. The molecule has 2 fully saturated rings. The Balaban J connectivity index is 1.72. The molecule has 2 unspecified atom stereocenters. The SMILES string of the molecule is COc1cc2nc(N3CCNCC3C(=O)C3CCCO3)nc(N)c2cc1OC. The van der Waals surface area contributed by atoms with Gasteiger partial charge in [-0.15, -0.1) is 0 Å². The molecule has 2 aromatic rings. The van der Waals surface area contributed by atoms with Crippen LogP contribution >= 0.6 is 0 Å².